The lowest BCUT2D eigenvalue weighted by molar-refractivity contribution is 0.556. The van der Waals surface area contributed by atoms with Gasteiger partial charge in [0.15, 0.2) is 0 Å². The Morgan fingerprint density at radius 1 is 1.11 bits per heavy atom. The zero-order valence-corrected chi connectivity index (χ0v) is 12.7. The van der Waals surface area contributed by atoms with Gasteiger partial charge in [0.05, 0.1) is 5.69 Å². The SMILES string of the molecule is C[C@@H](N)c1ccc(N2CCCCCCC2)c(Br)c1. The summed E-state index contributed by atoms with van der Waals surface area (Å²) in [6, 6.07) is 6.63. The summed E-state index contributed by atoms with van der Waals surface area (Å²) in [6.07, 6.45) is 6.75. The van der Waals surface area contributed by atoms with Gasteiger partial charge in [0.2, 0.25) is 0 Å². The van der Waals surface area contributed by atoms with Crippen LogP contribution in [0.5, 0.6) is 0 Å². The fourth-order valence-electron chi connectivity index (χ4n) is 2.55. The van der Waals surface area contributed by atoms with E-state index in [1.54, 1.807) is 0 Å². The van der Waals surface area contributed by atoms with Gasteiger partial charge in [0.25, 0.3) is 0 Å². The molecule has 0 spiro atoms. The predicted molar refractivity (Wildman–Crippen MR) is 82.0 cm³/mol. The molecule has 18 heavy (non-hydrogen) atoms. The number of rotatable bonds is 2. The van der Waals surface area contributed by atoms with Gasteiger partial charge in [-0.2, -0.15) is 0 Å². The highest BCUT2D eigenvalue weighted by Crippen LogP contribution is 2.30. The van der Waals surface area contributed by atoms with E-state index in [1.165, 1.54) is 60.9 Å². The van der Waals surface area contributed by atoms with Gasteiger partial charge in [-0.25, -0.2) is 0 Å². The van der Waals surface area contributed by atoms with Crippen LogP contribution in [0.25, 0.3) is 0 Å². The Morgan fingerprint density at radius 3 is 2.28 bits per heavy atom. The highest BCUT2D eigenvalue weighted by molar-refractivity contribution is 9.10. The van der Waals surface area contributed by atoms with Crippen LogP contribution in [0.15, 0.2) is 22.7 Å². The van der Waals surface area contributed by atoms with E-state index in [2.05, 4.69) is 39.0 Å². The molecule has 1 heterocycles. The zero-order chi connectivity index (χ0) is 13.0. The maximum atomic E-state index is 5.92. The largest absolute Gasteiger partial charge is 0.371 e. The fourth-order valence-corrected chi connectivity index (χ4v) is 3.20. The topological polar surface area (TPSA) is 29.3 Å². The van der Waals surface area contributed by atoms with E-state index in [1.807, 2.05) is 6.92 Å². The number of hydrogen-bond donors (Lipinski definition) is 1. The normalized spacial score (nSPS) is 19.2. The Balaban J connectivity index is 2.15. The highest BCUT2D eigenvalue weighted by atomic mass is 79.9. The molecule has 1 fully saturated rings. The molecule has 0 bridgehead atoms. The van der Waals surface area contributed by atoms with E-state index in [0.29, 0.717) is 0 Å². The molecule has 0 unspecified atom stereocenters. The number of anilines is 1. The first-order valence-corrected chi connectivity index (χ1v) is 7.78. The highest BCUT2D eigenvalue weighted by Gasteiger charge is 2.13. The molecule has 3 heteroatoms. The van der Waals surface area contributed by atoms with Crippen LogP contribution >= 0.6 is 15.9 Å². The first-order chi connectivity index (χ1) is 8.68. The standard InChI is InChI=1S/C15H23BrN2/c1-12(17)13-7-8-15(14(16)11-13)18-9-5-3-2-4-6-10-18/h7-8,11-12H,2-6,9-10,17H2,1H3/t12-/m1/s1. The molecule has 0 saturated carbocycles. The summed E-state index contributed by atoms with van der Waals surface area (Å²) in [5.41, 5.74) is 8.44. The third-order valence-corrected chi connectivity index (χ3v) is 4.33. The van der Waals surface area contributed by atoms with Crippen molar-refractivity contribution in [1.82, 2.24) is 0 Å². The van der Waals surface area contributed by atoms with Gasteiger partial charge in [0.1, 0.15) is 0 Å². The summed E-state index contributed by atoms with van der Waals surface area (Å²) in [6.45, 7) is 4.38. The first kappa shape index (κ1) is 13.9. The maximum Gasteiger partial charge on any atom is 0.0510 e. The molecule has 1 aromatic carbocycles. The summed E-state index contributed by atoms with van der Waals surface area (Å²) in [4.78, 5) is 2.51. The average Bonchev–Trinajstić information content (AvgIpc) is 2.29. The lowest BCUT2D eigenvalue weighted by Gasteiger charge is -2.28. The summed E-state index contributed by atoms with van der Waals surface area (Å²) in [5, 5.41) is 0. The molecule has 0 radical (unpaired) electrons. The molecule has 2 rings (SSSR count). The minimum atomic E-state index is 0.0997. The summed E-state index contributed by atoms with van der Waals surface area (Å²) in [5.74, 6) is 0. The minimum Gasteiger partial charge on any atom is -0.371 e. The molecule has 0 aromatic heterocycles. The van der Waals surface area contributed by atoms with Crippen molar-refractivity contribution in [1.29, 1.82) is 0 Å². The summed E-state index contributed by atoms with van der Waals surface area (Å²) < 4.78 is 1.18. The lowest BCUT2D eigenvalue weighted by Crippen LogP contribution is -2.27. The van der Waals surface area contributed by atoms with Crippen molar-refractivity contribution in [2.75, 3.05) is 18.0 Å². The molecule has 2 nitrogen and oxygen atoms in total. The molecule has 0 amide bonds. The van der Waals surface area contributed by atoms with E-state index < -0.39 is 0 Å². The van der Waals surface area contributed by atoms with Crippen LogP contribution in [0.3, 0.4) is 0 Å². The van der Waals surface area contributed by atoms with Gasteiger partial charge in [0, 0.05) is 23.6 Å². The van der Waals surface area contributed by atoms with Gasteiger partial charge >= 0.3 is 0 Å². The summed E-state index contributed by atoms with van der Waals surface area (Å²) >= 11 is 3.70. The quantitative estimate of drug-likeness (QED) is 0.885. The van der Waals surface area contributed by atoms with E-state index >= 15 is 0 Å². The van der Waals surface area contributed by atoms with Crippen molar-refractivity contribution in [3.63, 3.8) is 0 Å². The van der Waals surface area contributed by atoms with Crippen LogP contribution in [0.4, 0.5) is 5.69 Å². The lowest BCUT2D eigenvalue weighted by atomic mass is 10.1. The Labute approximate surface area is 119 Å². The molecular formula is C15H23BrN2. The third kappa shape index (κ3) is 3.48. The van der Waals surface area contributed by atoms with Crippen molar-refractivity contribution in [2.45, 2.75) is 45.1 Å². The molecule has 1 atom stereocenters. The second-order valence-electron chi connectivity index (χ2n) is 5.25. The molecule has 100 valence electrons. The second-order valence-corrected chi connectivity index (χ2v) is 6.11. The van der Waals surface area contributed by atoms with Crippen LogP contribution < -0.4 is 10.6 Å². The molecule has 2 N–H and O–H groups in total. The smallest absolute Gasteiger partial charge is 0.0510 e. The van der Waals surface area contributed by atoms with Gasteiger partial charge < -0.3 is 10.6 Å². The predicted octanol–water partition coefficient (Wildman–Crippen LogP) is 4.24. The Kier molecular flexibility index (Phi) is 5.07. The van der Waals surface area contributed by atoms with Crippen molar-refractivity contribution in [3.8, 4) is 0 Å². The van der Waals surface area contributed by atoms with Crippen LogP contribution in [0.2, 0.25) is 0 Å². The number of hydrogen-bond acceptors (Lipinski definition) is 2. The summed E-state index contributed by atoms with van der Waals surface area (Å²) in [7, 11) is 0. The number of nitrogens with zero attached hydrogens (tertiary/aromatic N) is 1. The van der Waals surface area contributed by atoms with Crippen molar-refractivity contribution in [2.24, 2.45) is 5.73 Å². The van der Waals surface area contributed by atoms with Crippen LogP contribution in [-0.4, -0.2) is 13.1 Å². The van der Waals surface area contributed by atoms with Gasteiger partial charge in [-0.3, -0.25) is 0 Å². The Bertz CT molecular complexity index is 382. The van der Waals surface area contributed by atoms with E-state index in [-0.39, 0.29) is 6.04 Å². The number of nitrogens with two attached hydrogens (primary N) is 1. The number of halogens is 1. The molecule has 1 aromatic rings. The molecule has 1 aliphatic rings. The van der Waals surface area contributed by atoms with Gasteiger partial charge in [-0.05, 0) is 53.4 Å². The minimum absolute atomic E-state index is 0.0997. The molecule has 1 saturated heterocycles. The third-order valence-electron chi connectivity index (χ3n) is 3.69. The van der Waals surface area contributed by atoms with E-state index in [9.17, 15) is 0 Å². The first-order valence-electron chi connectivity index (χ1n) is 6.98. The second kappa shape index (κ2) is 6.58. The van der Waals surface area contributed by atoms with Crippen molar-refractivity contribution in [3.05, 3.63) is 28.2 Å². The molecule has 1 aliphatic heterocycles. The molecule has 0 aliphatic carbocycles. The van der Waals surface area contributed by atoms with Crippen LogP contribution in [-0.2, 0) is 0 Å². The van der Waals surface area contributed by atoms with Crippen LogP contribution in [0.1, 0.15) is 50.6 Å². The monoisotopic (exact) mass is 310 g/mol. The Hall–Kier alpha value is -0.540. The Morgan fingerprint density at radius 2 is 1.72 bits per heavy atom. The fraction of sp³-hybridized carbons (Fsp3) is 0.600. The zero-order valence-electron chi connectivity index (χ0n) is 11.2. The van der Waals surface area contributed by atoms with E-state index in [0.717, 1.165) is 0 Å². The molecular weight excluding hydrogens is 288 g/mol. The average molecular weight is 311 g/mol. The number of benzene rings is 1. The van der Waals surface area contributed by atoms with E-state index in [4.69, 9.17) is 5.73 Å². The van der Waals surface area contributed by atoms with Crippen molar-refractivity contribution >= 4 is 21.6 Å². The van der Waals surface area contributed by atoms with Gasteiger partial charge in [-0.15, -0.1) is 0 Å². The van der Waals surface area contributed by atoms with Crippen molar-refractivity contribution < 1.29 is 0 Å². The van der Waals surface area contributed by atoms with Gasteiger partial charge in [-0.1, -0.05) is 25.3 Å². The van der Waals surface area contributed by atoms with Crippen LogP contribution in [0, 0.1) is 0 Å². The maximum absolute atomic E-state index is 5.92.